The molecular formula is C34H40F2N10O6. The highest BCUT2D eigenvalue weighted by molar-refractivity contribution is 5.94. The number of benzene rings is 2. The predicted octanol–water partition coefficient (Wildman–Crippen LogP) is 2.22. The molecule has 0 aliphatic carbocycles. The number of carboxylic acid groups (broad SMARTS) is 1. The van der Waals surface area contributed by atoms with E-state index in [0.717, 1.165) is 6.07 Å². The highest BCUT2D eigenvalue weighted by atomic mass is 19.1. The Morgan fingerprint density at radius 2 is 1.35 bits per heavy atom. The fraction of sp³-hybridized carbons (Fsp3) is 0.147. The molecule has 52 heavy (non-hydrogen) atoms. The quantitative estimate of drug-likeness (QED) is 0.0527. The average Bonchev–Trinajstić information content (AvgIpc) is 3.90. The van der Waals surface area contributed by atoms with Gasteiger partial charge in [0.15, 0.2) is 24.1 Å². The average molecular weight is 723 g/mol. The fourth-order valence-electron chi connectivity index (χ4n) is 3.97. The standard InChI is InChI=1S/C18H20F2N2O4.2C8H10N4O/c1-21-15-6-10(13(19)5-11(15)9-23)3-4-26-17-8-16(22-2)12(18(24)25)7-14(17)20;2*9-7(5-13)1-2-8(10)12-4-3-11-6-12/h5-8,21-23H,3-4,9H2,1-2H3,(H,24,25);2*1-6H,9-10H2/b;2*7-1-,8-2+. The van der Waals surface area contributed by atoms with E-state index in [9.17, 15) is 28.3 Å². The van der Waals surface area contributed by atoms with Crippen molar-refractivity contribution in [2.75, 3.05) is 31.3 Å². The maximum atomic E-state index is 14.1. The predicted molar refractivity (Wildman–Crippen MR) is 192 cm³/mol. The van der Waals surface area contributed by atoms with E-state index in [1.54, 1.807) is 59.7 Å². The first kappa shape index (κ1) is 41.2. The Bertz CT molecular complexity index is 1840. The number of imidazole rings is 2. The summed E-state index contributed by atoms with van der Waals surface area (Å²) in [5, 5.41) is 23.8. The molecule has 0 radical (unpaired) electrons. The molecule has 0 aliphatic rings. The Labute approximate surface area is 297 Å². The van der Waals surface area contributed by atoms with E-state index in [4.69, 9.17) is 32.8 Å². The van der Waals surface area contributed by atoms with Crippen molar-refractivity contribution in [2.45, 2.75) is 13.0 Å². The number of aliphatic hydroxyl groups is 1. The third-order valence-corrected chi connectivity index (χ3v) is 6.68. The van der Waals surface area contributed by atoms with Gasteiger partial charge in [-0.1, -0.05) is 0 Å². The lowest BCUT2D eigenvalue weighted by Crippen LogP contribution is -2.08. The number of nitrogens with two attached hydrogens (primary N) is 4. The van der Waals surface area contributed by atoms with Crippen molar-refractivity contribution in [3.8, 4) is 5.75 Å². The summed E-state index contributed by atoms with van der Waals surface area (Å²) >= 11 is 0. The first-order chi connectivity index (χ1) is 24.9. The number of carbonyl (C=O) groups is 3. The molecule has 0 aliphatic heterocycles. The summed E-state index contributed by atoms with van der Waals surface area (Å²) in [5.74, 6) is -1.79. The molecule has 2 heterocycles. The summed E-state index contributed by atoms with van der Waals surface area (Å²) in [6, 6.07) is 4.93. The summed E-state index contributed by atoms with van der Waals surface area (Å²) in [4.78, 5) is 38.9. The highest BCUT2D eigenvalue weighted by Gasteiger charge is 2.16. The maximum Gasteiger partial charge on any atom is 0.337 e. The second-order valence-corrected chi connectivity index (χ2v) is 10.2. The second kappa shape index (κ2) is 21.2. The summed E-state index contributed by atoms with van der Waals surface area (Å²) < 4.78 is 36.7. The van der Waals surface area contributed by atoms with Crippen molar-refractivity contribution in [1.82, 2.24) is 19.1 Å². The molecule has 0 bridgehead atoms. The zero-order chi connectivity index (χ0) is 38.6. The molecule has 4 rings (SSSR count). The number of halogens is 2. The molecule has 0 saturated heterocycles. The van der Waals surface area contributed by atoms with Crippen molar-refractivity contribution in [1.29, 1.82) is 0 Å². The number of carbonyl (C=O) groups excluding carboxylic acids is 2. The van der Waals surface area contributed by atoms with Gasteiger partial charge in [-0.2, -0.15) is 0 Å². The number of anilines is 2. The van der Waals surface area contributed by atoms with E-state index in [-0.39, 0.29) is 48.0 Å². The van der Waals surface area contributed by atoms with Crippen LogP contribution in [-0.2, 0) is 22.6 Å². The number of nitrogens with zero attached hydrogens (tertiary/aromatic N) is 4. The van der Waals surface area contributed by atoms with Crippen LogP contribution in [0.3, 0.4) is 0 Å². The Kier molecular flexibility index (Phi) is 16.8. The number of aromatic nitrogens is 4. The minimum absolute atomic E-state index is 0.00889. The molecule has 2 aromatic heterocycles. The lowest BCUT2D eigenvalue weighted by Gasteiger charge is -2.13. The van der Waals surface area contributed by atoms with E-state index in [2.05, 4.69) is 20.6 Å². The zero-order valence-electron chi connectivity index (χ0n) is 28.2. The number of aliphatic hydroxyl groups excluding tert-OH is 1. The molecule has 18 heteroatoms. The molecule has 2 aromatic carbocycles. The first-order valence-corrected chi connectivity index (χ1v) is 15.1. The van der Waals surface area contributed by atoms with Crippen LogP contribution in [0.4, 0.5) is 20.2 Å². The number of aromatic carboxylic acids is 1. The van der Waals surface area contributed by atoms with Crippen LogP contribution < -0.4 is 38.3 Å². The van der Waals surface area contributed by atoms with Crippen molar-refractivity contribution in [3.05, 3.63) is 126 Å². The normalized spacial score (nSPS) is 11.7. The Morgan fingerprint density at radius 1 is 0.808 bits per heavy atom. The summed E-state index contributed by atoms with van der Waals surface area (Å²) in [5.41, 5.74) is 23.3. The Hall–Kier alpha value is -6.95. The van der Waals surface area contributed by atoms with Crippen molar-refractivity contribution < 1.29 is 38.1 Å². The van der Waals surface area contributed by atoms with Gasteiger partial charge in [-0.15, -0.1) is 0 Å². The number of allylic oxidation sites excluding steroid dienone is 6. The molecule has 0 fully saturated rings. The fourth-order valence-corrected chi connectivity index (χ4v) is 3.97. The zero-order valence-corrected chi connectivity index (χ0v) is 28.2. The van der Waals surface area contributed by atoms with E-state index in [0.29, 0.717) is 41.0 Å². The second-order valence-electron chi connectivity index (χ2n) is 10.2. The van der Waals surface area contributed by atoms with Crippen LogP contribution in [0, 0.1) is 11.6 Å². The van der Waals surface area contributed by atoms with Gasteiger partial charge in [0.05, 0.1) is 35.9 Å². The molecule has 16 nitrogen and oxygen atoms in total. The third kappa shape index (κ3) is 12.8. The number of aldehydes is 2. The Balaban J connectivity index is 0.000000301. The minimum atomic E-state index is -1.26. The molecule has 0 amide bonds. The summed E-state index contributed by atoms with van der Waals surface area (Å²) in [6.45, 7) is -0.303. The van der Waals surface area contributed by atoms with Gasteiger partial charge in [0.1, 0.15) is 30.1 Å². The number of hydrogen-bond donors (Lipinski definition) is 8. The van der Waals surface area contributed by atoms with Gasteiger partial charge in [0, 0.05) is 62.6 Å². The van der Waals surface area contributed by atoms with E-state index in [1.165, 1.54) is 43.5 Å². The SMILES string of the molecule is CNc1cc(CCOc2cc(NC)c(C(=O)O)cc2F)c(F)cc1CO.N/C(C=O)=C\C=C(/N)n1ccnc1.N/C(C=O)=C\C=C(/N)n1ccnc1. The number of nitrogens with one attached hydrogen (secondary N) is 2. The molecule has 0 atom stereocenters. The summed E-state index contributed by atoms with van der Waals surface area (Å²) in [7, 11) is 3.17. The number of hydrogen-bond acceptors (Lipinski definition) is 13. The van der Waals surface area contributed by atoms with E-state index in [1.807, 2.05) is 0 Å². The lowest BCUT2D eigenvalue weighted by molar-refractivity contribution is -0.105. The molecule has 0 unspecified atom stereocenters. The first-order valence-electron chi connectivity index (χ1n) is 15.1. The van der Waals surface area contributed by atoms with Crippen LogP contribution in [-0.4, -0.2) is 68.6 Å². The van der Waals surface area contributed by atoms with E-state index < -0.39 is 17.6 Å². The largest absolute Gasteiger partial charge is 0.490 e. The van der Waals surface area contributed by atoms with Gasteiger partial charge in [-0.3, -0.25) is 18.7 Å². The van der Waals surface area contributed by atoms with Crippen LogP contribution in [0.25, 0.3) is 11.6 Å². The molecular weight excluding hydrogens is 682 g/mol. The summed E-state index contributed by atoms with van der Waals surface area (Å²) in [6.07, 6.45) is 16.9. The topological polar surface area (TPSA) is 265 Å². The van der Waals surface area contributed by atoms with Gasteiger partial charge in [-0.25, -0.2) is 23.5 Å². The smallest absolute Gasteiger partial charge is 0.337 e. The van der Waals surface area contributed by atoms with Crippen molar-refractivity contribution in [2.24, 2.45) is 22.9 Å². The minimum Gasteiger partial charge on any atom is -0.490 e. The molecule has 0 spiro atoms. The van der Waals surface area contributed by atoms with Gasteiger partial charge in [0.25, 0.3) is 0 Å². The molecule has 0 saturated carbocycles. The number of rotatable bonds is 14. The lowest BCUT2D eigenvalue weighted by atomic mass is 10.1. The number of ether oxygens (including phenoxy) is 1. The third-order valence-electron chi connectivity index (χ3n) is 6.68. The van der Waals surface area contributed by atoms with Gasteiger partial charge >= 0.3 is 5.97 Å². The van der Waals surface area contributed by atoms with Gasteiger partial charge < -0.3 is 48.5 Å². The monoisotopic (exact) mass is 722 g/mol. The Morgan fingerprint density at radius 3 is 1.77 bits per heavy atom. The maximum absolute atomic E-state index is 14.1. The van der Waals surface area contributed by atoms with Crippen LogP contribution in [0.2, 0.25) is 0 Å². The van der Waals surface area contributed by atoms with Crippen molar-refractivity contribution >= 4 is 41.6 Å². The number of carboxylic acids is 1. The van der Waals surface area contributed by atoms with Gasteiger partial charge in [-0.05, 0) is 48.1 Å². The van der Waals surface area contributed by atoms with E-state index >= 15 is 0 Å². The van der Waals surface area contributed by atoms with Crippen molar-refractivity contribution in [3.63, 3.8) is 0 Å². The highest BCUT2D eigenvalue weighted by Crippen LogP contribution is 2.27. The van der Waals surface area contributed by atoms with Crippen LogP contribution in [0.15, 0.2) is 97.4 Å². The molecule has 12 N–H and O–H groups in total. The van der Waals surface area contributed by atoms with Crippen LogP contribution in [0.5, 0.6) is 5.75 Å². The molecule has 276 valence electrons. The van der Waals surface area contributed by atoms with Gasteiger partial charge in [0.2, 0.25) is 0 Å². The van der Waals surface area contributed by atoms with Crippen LogP contribution in [0.1, 0.15) is 21.5 Å². The van der Waals surface area contributed by atoms with Crippen LogP contribution >= 0.6 is 0 Å². The molecule has 4 aromatic rings.